The number of amides is 2. The largest absolute Gasteiger partial charge is 0.350 e. The van der Waals surface area contributed by atoms with E-state index in [0.717, 1.165) is 19.3 Å². The van der Waals surface area contributed by atoms with Gasteiger partial charge >= 0.3 is 0 Å². The fourth-order valence-corrected chi connectivity index (χ4v) is 6.26. The number of para-hydroxylation sites is 1. The van der Waals surface area contributed by atoms with Gasteiger partial charge in [-0.1, -0.05) is 55.8 Å². The van der Waals surface area contributed by atoms with Gasteiger partial charge in [0.1, 0.15) is 0 Å². The first-order valence-corrected chi connectivity index (χ1v) is 13.9. The number of rotatable bonds is 1. The zero-order valence-electron chi connectivity index (χ0n) is 20.6. The summed E-state index contributed by atoms with van der Waals surface area (Å²) in [7, 11) is -4.00. The maximum atomic E-state index is 13.8. The number of anilines is 1. The van der Waals surface area contributed by atoms with Gasteiger partial charge in [-0.2, -0.15) is 0 Å². The van der Waals surface area contributed by atoms with Gasteiger partial charge in [0.25, 0.3) is 15.9 Å². The van der Waals surface area contributed by atoms with Crippen molar-refractivity contribution < 1.29 is 18.0 Å². The third-order valence-electron chi connectivity index (χ3n) is 6.86. The van der Waals surface area contributed by atoms with Gasteiger partial charge in [-0.05, 0) is 61.4 Å². The highest BCUT2D eigenvalue weighted by Gasteiger charge is 2.39. The number of nitrogens with one attached hydrogen (secondary N) is 2. The molecule has 1 aliphatic heterocycles. The summed E-state index contributed by atoms with van der Waals surface area (Å²) in [5.41, 5.74) is -0.231. The van der Waals surface area contributed by atoms with E-state index in [-0.39, 0.29) is 39.9 Å². The highest BCUT2D eigenvalue weighted by molar-refractivity contribution is 7.92. The number of halogens is 1. The summed E-state index contributed by atoms with van der Waals surface area (Å²) in [6, 6.07) is 13.0. The lowest BCUT2D eigenvalue weighted by Gasteiger charge is -2.43. The van der Waals surface area contributed by atoms with Gasteiger partial charge < -0.3 is 10.6 Å². The van der Waals surface area contributed by atoms with Crippen molar-refractivity contribution in [2.24, 2.45) is 5.41 Å². The predicted octanol–water partition coefficient (Wildman–Crippen LogP) is 4.68. The van der Waals surface area contributed by atoms with Gasteiger partial charge in [0.2, 0.25) is 5.91 Å². The summed E-state index contributed by atoms with van der Waals surface area (Å²) in [6.45, 7) is 4.38. The lowest BCUT2D eigenvalue weighted by Crippen LogP contribution is -2.60. The first kappa shape index (κ1) is 26.2. The van der Waals surface area contributed by atoms with E-state index in [1.807, 2.05) is 26.0 Å². The van der Waals surface area contributed by atoms with Gasteiger partial charge in [0, 0.05) is 13.0 Å². The van der Waals surface area contributed by atoms with Crippen molar-refractivity contribution in [3.63, 3.8) is 0 Å². The molecule has 2 amide bonds. The summed E-state index contributed by atoms with van der Waals surface area (Å²) in [6.07, 6.45) is 7.17. The molecule has 2 N–H and O–H groups in total. The van der Waals surface area contributed by atoms with Crippen molar-refractivity contribution in [2.75, 3.05) is 17.4 Å². The normalized spacial score (nSPS) is 22.6. The number of carbonyl (C=O) groups excluding carboxylic acids is 2. The molecule has 4 rings (SSSR count). The minimum atomic E-state index is -4.00. The third-order valence-corrected chi connectivity index (χ3v) is 8.98. The zero-order chi connectivity index (χ0) is 26.0. The maximum absolute atomic E-state index is 13.8. The summed E-state index contributed by atoms with van der Waals surface area (Å²) in [5.74, 6) is -0.534. The molecule has 7 nitrogen and oxygen atoms in total. The molecule has 0 unspecified atom stereocenters. The van der Waals surface area contributed by atoms with Gasteiger partial charge in [0.05, 0.1) is 33.3 Å². The molecule has 1 spiro atoms. The van der Waals surface area contributed by atoms with Crippen molar-refractivity contribution in [1.82, 2.24) is 10.6 Å². The van der Waals surface area contributed by atoms with E-state index in [9.17, 15) is 18.0 Å². The van der Waals surface area contributed by atoms with Crippen LogP contribution in [-0.2, 0) is 14.8 Å². The maximum Gasteiger partial charge on any atom is 0.264 e. The van der Waals surface area contributed by atoms with Gasteiger partial charge in [0.15, 0.2) is 0 Å². The molecule has 0 radical (unpaired) electrons. The summed E-state index contributed by atoms with van der Waals surface area (Å²) >= 11 is 6.32. The molecule has 2 aromatic rings. The molecular formula is C27H32ClN3O4S. The van der Waals surface area contributed by atoms with E-state index >= 15 is 0 Å². The smallest absolute Gasteiger partial charge is 0.264 e. The number of fused-ring (bicyclic) bond motifs is 2. The van der Waals surface area contributed by atoms with Gasteiger partial charge in [-0.3, -0.25) is 13.9 Å². The van der Waals surface area contributed by atoms with Crippen LogP contribution in [0.4, 0.5) is 5.69 Å². The molecule has 1 saturated carbocycles. The fourth-order valence-electron chi connectivity index (χ4n) is 4.62. The molecule has 0 aromatic heterocycles. The molecule has 9 heteroatoms. The van der Waals surface area contributed by atoms with Crippen LogP contribution in [-0.4, -0.2) is 38.9 Å². The molecule has 2 bridgehead atoms. The van der Waals surface area contributed by atoms with Crippen LogP contribution in [0, 0.1) is 5.41 Å². The van der Waals surface area contributed by atoms with E-state index in [0.29, 0.717) is 18.5 Å². The van der Waals surface area contributed by atoms with Crippen molar-refractivity contribution in [3.05, 3.63) is 71.3 Å². The standard InChI is InChI=1S/C27H32ClN3O4S/c1-26(2)13-6-7-16-31(20-9-4-3-5-10-20)36(34,35)21-11-12-23(28)22(17-21)25(33)29-19-27(14-8-15-27)30-24(32)18-26/h3-7,9-12,17H,8,13-16,18-19H2,1-2H3,(H,29,33)(H,30,32)/b7-6+. The first-order chi connectivity index (χ1) is 17.0. The van der Waals surface area contributed by atoms with E-state index in [1.165, 1.54) is 22.5 Å². The molecule has 1 aliphatic carbocycles. The molecule has 36 heavy (non-hydrogen) atoms. The Bertz CT molecular complexity index is 1270. The van der Waals surface area contributed by atoms with Crippen LogP contribution in [0.2, 0.25) is 5.02 Å². The average molecular weight is 530 g/mol. The molecule has 0 saturated heterocycles. The Hall–Kier alpha value is -2.84. The number of hydrogen-bond acceptors (Lipinski definition) is 4. The molecule has 192 valence electrons. The van der Waals surface area contributed by atoms with Crippen LogP contribution in [0.5, 0.6) is 0 Å². The number of nitrogens with zero attached hydrogens (tertiary/aromatic N) is 1. The van der Waals surface area contributed by atoms with E-state index < -0.39 is 21.5 Å². The van der Waals surface area contributed by atoms with Crippen LogP contribution >= 0.6 is 11.6 Å². The average Bonchev–Trinajstić information content (AvgIpc) is 2.80. The SMILES string of the molecule is CC1(C)C/C=C/CN(c2ccccc2)S(=O)(=O)c2ccc(Cl)c(c2)C(=O)NCC2(CCC2)NC(=O)C1. The van der Waals surface area contributed by atoms with Crippen LogP contribution < -0.4 is 14.9 Å². The molecule has 1 fully saturated rings. The van der Waals surface area contributed by atoms with Crippen LogP contribution in [0.3, 0.4) is 0 Å². The monoisotopic (exact) mass is 529 g/mol. The Labute approximate surface area is 218 Å². The van der Waals surface area contributed by atoms with Crippen molar-refractivity contribution in [1.29, 1.82) is 0 Å². The van der Waals surface area contributed by atoms with Gasteiger partial charge in [-0.25, -0.2) is 8.42 Å². The Morgan fingerprint density at radius 3 is 2.39 bits per heavy atom. The van der Waals surface area contributed by atoms with E-state index in [4.69, 9.17) is 11.6 Å². The summed E-state index contributed by atoms with van der Waals surface area (Å²) in [4.78, 5) is 26.0. The molecular weight excluding hydrogens is 498 g/mol. The van der Waals surface area contributed by atoms with Crippen molar-refractivity contribution >= 4 is 39.1 Å². The number of allylic oxidation sites excluding steroid dienone is 1. The zero-order valence-corrected chi connectivity index (χ0v) is 22.2. The molecule has 2 aliphatic rings. The molecule has 1 heterocycles. The second-order valence-electron chi connectivity index (χ2n) is 10.4. The van der Waals surface area contributed by atoms with Crippen LogP contribution in [0.25, 0.3) is 0 Å². The minimum Gasteiger partial charge on any atom is -0.350 e. The topological polar surface area (TPSA) is 95.6 Å². The number of hydrogen-bond donors (Lipinski definition) is 2. The lowest BCUT2D eigenvalue weighted by molar-refractivity contribution is -0.126. The second-order valence-corrected chi connectivity index (χ2v) is 12.7. The number of benzene rings is 2. The summed E-state index contributed by atoms with van der Waals surface area (Å²) < 4.78 is 28.8. The van der Waals surface area contributed by atoms with E-state index in [2.05, 4.69) is 10.6 Å². The van der Waals surface area contributed by atoms with Crippen molar-refractivity contribution in [2.45, 2.75) is 56.4 Å². The van der Waals surface area contributed by atoms with Crippen molar-refractivity contribution in [3.8, 4) is 0 Å². The lowest BCUT2D eigenvalue weighted by atomic mass is 9.76. The first-order valence-electron chi connectivity index (χ1n) is 12.1. The summed E-state index contributed by atoms with van der Waals surface area (Å²) in [5, 5.41) is 6.18. The highest BCUT2D eigenvalue weighted by atomic mass is 35.5. The quantitative estimate of drug-likeness (QED) is 0.524. The Morgan fingerprint density at radius 1 is 1.00 bits per heavy atom. The fraction of sp³-hybridized carbons (Fsp3) is 0.407. The Morgan fingerprint density at radius 2 is 1.72 bits per heavy atom. The van der Waals surface area contributed by atoms with Gasteiger partial charge in [-0.15, -0.1) is 0 Å². The highest BCUT2D eigenvalue weighted by Crippen LogP contribution is 2.34. The Kier molecular flexibility index (Phi) is 7.48. The van der Waals surface area contributed by atoms with Crippen LogP contribution in [0.1, 0.15) is 56.3 Å². The third kappa shape index (κ3) is 5.76. The molecule has 0 atom stereocenters. The number of sulfonamides is 1. The van der Waals surface area contributed by atoms with Crippen LogP contribution in [0.15, 0.2) is 65.6 Å². The number of carbonyl (C=O) groups is 2. The Balaban J connectivity index is 1.75. The minimum absolute atomic E-state index is 0.0226. The predicted molar refractivity (Wildman–Crippen MR) is 142 cm³/mol. The van der Waals surface area contributed by atoms with E-state index in [1.54, 1.807) is 30.3 Å². The molecule has 2 aromatic carbocycles. The second kappa shape index (κ2) is 10.3.